The van der Waals surface area contributed by atoms with Gasteiger partial charge in [0.05, 0.1) is 44.1 Å². The van der Waals surface area contributed by atoms with Crippen LogP contribution in [0.3, 0.4) is 0 Å². The average Bonchev–Trinajstić information content (AvgIpc) is 3.38. The van der Waals surface area contributed by atoms with Crippen LogP contribution in [0, 0.1) is 12.3 Å². The molecule has 0 radical (unpaired) electrons. The Balaban J connectivity index is 1.53. The number of ether oxygens (including phenoxy) is 2. The molecule has 9 nitrogen and oxygen atoms in total. The molecule has 4 rings (SSSR count). The van der Waals surface area contributed by atoms with Crippen molar-refractivity contribution >= 4 is 22.2 Å². The minimum atomic E-state index is -1.46. The van der Waals surface area contributed by atoms with E-state index in [-0.39, 0.29) is 18.6 Å². The molecule has 0 spiro atoms. The highest BCUT2D eigenvalue weighted by atomic mass is 32.1. The van der Waals surface area contributed by atoms with Crippen LogP contribution in [0.4, 0.5) is 5.00 Å². The maximum absolute atomic E-state index is 12.6. The molecule has 2 aromatic rings. The zero-order valence-electron chi connectivity index (χ0n) is 20.0. The largest absolute Gasteiger partial charge is 0.493 e. The average molecular weight is 492 g/mol. The summed E-state index contributed by atoms with van der Waals surface area (Å²) in [6, 6.07) is 5.71. The number of benzene rings is 1. The molecule has 4 atom stereocenters. The lowest BCUT2D eigenvalue weighted by molar-refractivity contribution is -0.141. The fraction of sp³-hybridized carbons (Fsp3) is 0.583. The molecular weight excluding hydrogens is 458 g/mol. The molecule has 3 N–H and O–H groups in total. The van der Waals surface area contributed by atoms with Crippen LogP contribution in [-0.2, 0) is 4.79 Å². The Hall–Kier alpha value is -2.40. The fourth-order valence-electron chi connectivity index (χ4n) is 4.75. The molecule has 1 amide bonds. The molecule has 2 aliphatic rings. The molecule has 186 valence electrons. The molecule has 0 bridgehead atoms. The van der Waals surface area contributed by atoms with Crippen molar-refractivity contribution in [3.63, 3.8) is 0 Å². The fourth-order valence-corrected chi connectivity index (χ4v) is 5.54. The summed E-state index contributed by atoms with van der Waals surface area (Å²) in [5.41, 5.74) is 0.288. The second-order valence-electron chi connectivity index (χ2n) is 9.42. The van der Waals surface area contributed by atoms with Gasteiger partial charge >= 0.3 is 0 Å². The summed E-state index contributed by atoms with van der Waals surface area (Å²) in [5, 5.41) is 31.8. The first-order chi connectivity index (χ1) is 16.2. The number of hydrogen-bond acceptors (Lipinski definition) is 9. The Morgan fingerprint density at radius 1 is 1.29 bits per heavy atom. The Morgan fingerprint density at radius 3 is 2.62 bits per heavy atom. The number of carbonyl (C=O) groups is 1. The minimum absolute atomic E-state index is 0.0102. The predicted octanol–water partition coefficient (Wildman–Crippen LogP) is 1.39. The standard InChI is InChI=1S/C24H33N3O6S/c1-14(29)24(3)13-27(23(31)19(30)12-28)11-18(24)16-5-6-20(32-4)21(7-16)33-17-9-26(10-17)22-8-25-15(2)34-22/h5-8,14,17-19,28-30H,9-13H2,1-4H3/t14?,18-,19?,24-/m0/s1. The molecule has 34 heavy (non-hydrogen) atoms. The quantitative estimate of drug-likeness (QED) is 0.508. The molecule has 2 fully saturated rings. The number of aryl methyl sites for hydroxylation is 1. The summed E-state index contributed by atoms with van der Waals surface area (Å²) in [4.78, 5) is 20.6. The monoisotopic (exact) mass is 491 g/mol. The van der Waals surface area contributed by atoms with Gasteiger partial charge in [0.2, 0.25) is 0 Å². The molecule has 10 heteroatoms. The molecule has 0 aliphatic carbocycles. The number of methoxy groups -OCH3 is 1. The summed E-state index contributed by atoms with van der Waals surface area (Å²) in [6.45, 7) is 7.12. The third kappa shape index (κ3) is 4.59. The van der Waals surface area contributed by atoms with Crippen LogP contribution >= 0.6 is 11.3 Å². The highest BCUT2D eigenvalue weighted by Gasteiger charge is 2.49. The molecule has 2 saturated heterocycles. The van der Waals surface area contributed by atoms with Gasteiger partial charge in [-0.1, -0.05) is 13.0 Å². The van der Waals surface area contributed by atoms with Gasteiger partial charge in [0.25, 0.3) is 5.91 Å². The third-order valence-corrected chi connectivity index (χ3v) is 8.08. The minimum Gasteiger partial charge on any atom is -0.493 e. The van der Waals surface area contributed by atoms with Crippen LogP contribution in [-0.4, -0.2) is 89.3 Å². The first kappa shape index (κ1) is 24.7. The number of anilines is 1. The van der Waals surface area contributed by atoms with Crippen LogP contribution in [0.1, 0.15) is 30.3 Å². The van der Waals surface area contributed by atoms with Gasteiger partial charge in [0, 0.05) is 24.4 Å². The Bertz CT molecular complexity index is 1020. The van der Waals surface area contributed by atoms with Gasteiger partial charge in [-0.25, -0.2) is 4.98 Å². The number of amides is 1. The second-order valence-corrected chi connectivity index (χ2v) is 10.6. The number of likely N-dealkylation sites (tertiary alicyclic amines) is 1. The summed E-state index contributed by atoms with van der Waals surface area (Å²) in [6.07, 6.45) is -0.266. The lowest BCUT2D eigenvalue weighted by Crippen LogP contribution is -2.53. The van der Waals surface area contributed by atoms with Crippen LogP contribution in [0.2, 0.25) is 0 Å². The molecule has 2 unspecified atom stereocenters. The summed E-state index contributed by atoms with van der Waals surface area (Å²) in [5.74, 6) is 0.526. The number of nitrogens with zero attached hydrogens (tertiary/aromatic N) is 3. The van der Waals surface area contributed by atoms with Crippen LogP contribution in [0.15, 0.2) is 24.4 Å². The van der Waals surface area contributed by atoms with Gasteiger partial charge in [0.1, 0.15) is 11.1 Å². The smallest absolute Gasteiger partial charge is 0.253 e. The SMILES string of the molecule is COc1ccc([C@@H]2CN(C(=O)C(O)CO)C[C@@]2(C)C(C)O)cc1OC1CN(c2cnc(C)s2)C1. The van der Waals surface area contributed by atoms with Crippen molar-refractivity contribution in [2.24, 2.45) is 5.41 Å². The number of aliphatic hydroxyl groups is 3. The van der Waals surface area contributed by atoms with Crippen molar-refractivity contribution in [2.45, 2.75) is 45.0 Å². The third-order valence-electron chi connectivity index (χ3n) is 7.11. The van der Waals surface area contributed by atoms with Crippen molar-refractivity contribution in [1.82, 2.24) is 9.88 Å². The number of aromatic nitrogens is 1. The van der Waals surface area contributed by atoms with Crippen molar-refractivity contribution in [3.8, 4) is 11.5 Å². The van der Waals surface area contributed by atoms with Crippen LogP contribution < -0.4 is 14.4 Å². The molecule has 3 heterocycles. The highest BCUT2D eigenvalue weighted by molar-refractivity contribution is 7.15. The lowest BCUT2D eigenvalue weighted by atomic mass is 9.72. The van der Waals surface area contributed by atoms with E-state index in [2.05, 4.69) is 9.88 Å². The number of carbonyl (C=O) groups excluding carboxylic acids is 1. The van der Waals surface area contributed by atoms with E-state index in [9.17, 15) is 20.1 Å². The van der Waals surface area contributed by atoms with E-state index < -0.39 is 30.1 Å². The van der Waals surface area contributed by atoms with Crippen molar-refractivity contribution in [2.75, 3.05) is 44.8 Å². The first-order valence-electron chi connectivity index (χ1n) is 11.4. The number of thiazole rings is 1. The van der Waals surface area contributed by atoms with E-state index in [0.717, 1.165) is 28.7 Å². The van der Waals surface area contributed by atoms with Gasteiger partial charge in [-0.15, -0.1) is 11.3 Å². The topological polar surface area (TPSA) is 116 Å². The van der Waals surface area contributed by atoms with Gasteiger partial charge < -0.3 is 34.6 Å². The molecule has 1 aromatic heterocycles. The Morgan fingerprint density at radius 2 is 2.03 bits per heavy atom. The van der Waals surface area contributed by atoms with E-state index >= 15 is 0 Å². The number of aliphatic hydroxyl groups excluding tert-OH is 3. The number of hydrogen-bond donors (Lipinski definition) is 3. The van der Waals surface area contributed by atoms with Crippen LogP contribution in [0.5, 0.6) is 11.5 Å². The van der Waals surface area contributed by atoms with Crippen molar-refractivity contribution in [1.29, 1.82) is 0 Å². The van der Waals surface area contributed by atoms with Crippen molar-refractivity contribution < 1.29 is 29.6 Å². The molecule has 0 saturated carbocycles. The van der Waals surface area contributed by atoms with E-state index in [1.807, 2.05) is 38.2 Å². The zero-order valence-corrected chi connectivity index (χ0v) is 20.8. The van der Waals surface area contributed by atoms with Gasteiger partial charge in [-0.3, -0.25) is 4.79 Å². The highest BCUT2D eigenvalue weighted by Crippen LogP contribution is 2.47. The van der Waals surface area contributed by atoms with E-state index in [4.69, 9.17) is 9.47 Å². The normalized spacial score (nSPS) is 24.6. The summed E-state index contributed by atoms with van der Waals surface area (Å²) >= 11 is 1.66. The lowest BCUT2D eigenvalue weighted by Gasteiger charge is -2.39. The summed E-state index contributed by atoms with van der Waals surface area (Å²) in [7, 11) is 1.60. The second kappa shape index (κ2) is 9.69. The zero-order chi connectivity index (χ0) is 24.6. The van der Waals surface area contributed by atoms with E-state index in [1.54, 1.807) is 25.4 Å². The molecule has 1 aromatic carbocycles. The van der Waals surface area contributed by atoms with Gasteiger partial charge in [-0.2, -0.15) is 0 Å². The van der Waals surface area contributed by atoms with Gasteiger partial charge in [-0.05, 0) is 31.5 Å². The van der Waals surface area contributed by atoms with Gasteiger partial charge in [0.15, 0.2) is 17.6 Å². The number of rotatable bonds is 8. The Labute approximate surface area is 203 Å². The Kier molecular flexibility index (Phi) is 7.04. The molecular formula is C24H33N3O6S. The van der Waals surface area contributed by atoms with Crippen LogP contribution in [0.25, 0.3) is 0 Å². The predicted molar refractivity (Wildman–Crippen MR) is 129 cm³/mol. The maximum atomic E-state index is 12.6. The summed E-state index contributed by atoms with van der Waals surface area (Å²) < 4.78 is 11.8. The van der Waals surface area contributed by atoms with E-state index in [1.165, 1.54) is 4.90 Å². The maximum Gasteiger partial charge on any atom is 0.253 e. The first-order valence-corrected chi connectivity index (χ1v) is 12.3. The van der Waals surface area contributed by atoms with Crippen molar-refractivity contribution in [3.05, 3.63) is 35.0 Å². The van der Waals surface area contributed by atoms with E-state index in [0.29, 0.717) is 18.0 Å². The molecule has 2 aliphatic heterocycles.